The van der Waals surface area contributed by atoms with Gasteiger partial charge in [0.1, 0.15) is 18.9 Å². The van der Waals surface area contributed by atoms with Crippen molar-refractivity contribution in [3.05, 3.63) is 41.7 Å². The quantitative estimate of drug-likeness (QED) is 0.832. The lowest BCUT2D eigenvalue weighted by Gasteiger charge is -2.34. The minimum atomic E-state index is -1.01. The molecule has 1 aliphatic heterocycles. The zero-order chi connectivity index (χ0) is 14.8. The molecule has 0 unspecified atom stereocenters. The highest BCUT2D eigenvalue weighted by Crippen LogP contribution is 2.23. The predicted octanol–water partition coefficient (Wildman–Crippen LogP) is -0.289. The molecule has 0 fully saturated rings. The van der Waals surface area contributed by atoms with Crippen molar-refractivity contribution in [2.24, 2.45) is 0 Å². The average Bonchev–Trinajstić information content (AvgIpc) is 2.98. The number of tetrazole rings is 1. The lowest BCUT2D eigenvalue weighted by molar-refractivity contribution is -0.151. The summed E-state index contributed by atoms with van der Waals surface area (Å²) < 4.78 is 1.28. The summed E-state index contributed by atoms with van der Waals surface area (Å²) in [5, 5.41) is 19.9. The van der Waals surface area contributed by atoms with Crippen LogP contribution in [0, 0.1) is 0 Å². The number of benzene rings is 1. The van der Waals surface area contributed by atoms with E-state index in [0.29, 0.717) is 6.42 Å². The van der Waals surface area contributed by atoms with Gasteiger partial charge < -0.3 is 10.0 Å². The second-order valence-corrected chi connectivity index (χ2v) is 4.86. The summed E-state index contributed by atoms with van der Waals surface area (Å²) in [5.41, 5.74) is 1.94. The zero-order valence-electron chi connectivity index (χ0n) is 11.1. The van der Waals surface area contributed by atoms with Crippen molar-refractivity contribution in [3.8, 4) is 0 Å². The van der Waals surface area contributed by atoms with Crippen LogP contribution in [0.1, 0.15) is 11.1 Å². The molecule has 1 aromatic carbocycles. The first-order valence-electron chi connectivity index (χ1n) is 6.45. The third-order valence-corrected chi connectivity index (χ3v) is 3.54. The summed E-state index contributed by atoms with van der Waals surface area (Å²) in [7, 11) is 0. The monoisotopic (exact) mass is 287 g/mol. The molecule has 1 N–H and O–H groups in total. The van der Waals surface area contributed by atoms with Crippen molar-refractivity contribution in [1.29, 1.82) is 0 Å². The van der Waals surface area contributed by atoms with Crippen molar-refractivity contribution < 1.29 is 14.7 Å². The number of hydrogen-bond donors (Lipinski definition) is 1. The van der Waals surface area contributed by atoms with E-state index < -0.39 is 12.0 Å². The molecule has 108 valence electrons. The Hall–Kier alpha value is -2.77. The fraction of sp³-hybridized carbons (Fsp3) is 0.308. The Morgan fingerprint density at radius 2 is 2.05 bits per heavy atom. The van der Waals surface area contributed by atoms with Crippen LogP contribution in [0.3, 0.4) is 0 Å². The number of carbonyl (C=O) groups is 2. The maximum Gasteiger partial charge on any atom is 0.326 e. The fourth-order valence-corrected chi connectivity index (χ4v) is 2.49. The number of rotatable bonds is 3. The maximum atomic E-state index is 12.3. The number of fused-ring (bicyclic) bond motifs is 1. The van der Waals surface area contributed by atoms with E-state index in [2.05, 4.69) is 15.5 Å². The Morgan fingerprint density at radius 3 is 2.71 bits per heavy atom. The van der Waals surface area contributed by atoms with Crippen LogP contribution in [0.5, 0.6) is 0 Å². The Labute approximate surface area is 120 Å². The summed E-state index contributed by atoms with van der Waals surface area (Å²) in [6.45, 7) is 0.215. The van der Waals surface area contributed by atoms with Gasteiger partial charge in [0.15, 0.2) is 0 Å². The van der Waals surface area contributed by atoms with Gasteiger partial charge >= 0.3 is 5.97 Å². The molecule has 0 radical (unpaired) electrons. The first kappa shape index (κ1) is 13.2. The molecule has 0 spiro atoms. The van der Waals surface area contributed by atoms with Crippen molar-refractivity contribution in [2.75, 3.05) is 0 Å². The minimum absolute atomic E-state index is 0.0705. The number of aromatic nitrogens is 4. The van der Waals surface area contributed by atoms with E-state index in [0.717, 1.165) is 11.1 Å². The van der Waals surface area contributed by atoms with Crippen LogP contribution in [0.4, 0.5) is 0 Å². The van der Waals surface area contributed by atoms with Crippen LogP contribution in [0.25, 0.3) is 0 Å². The molecular weight excluding hydrogens is 274 g/mol. The highest BCUT2D eigenvalue weighted by molar-refractivity contribution is 5.84. The largest absolute Gasteiger partial charge is 0.480 e. The molecule has 1 amide bonds. The SMILES string of the molecule is O=C(O)[C@@H]1Cc2ccccc2CN1C(=O)Cn1cnnn1. The van der Waals surface area contributed by atoms with Gasteiger partial charge in [-0.15, -0.1) is 5.10 Å². The highest BCUT2D eigenvalue weighted by Gasteiger charge is 2.34. The van der Waals surface area contributed by atoms with Crippen molar-refractivity contribution in [2.45, 2.75) is 25.6 Å². The summed E-state index contributed by atoms with van der Waals surface area (Å²) in [4.78, 5) is 25.1. The molecule has 1 aromatic heterocycles. The molecule has 0 saturated carbocycles. The molecule has 0 saturated heterocycles. The van der Waals surface area contributed by atoms with Crippen LogP contribution in [-0.2, 0) is 29.1 Å². The third-order valence-electron chi connectivity index (χ3n) is 3.54. The number of hydrogen-bond acceptors (Lipinski definition) is 5. The van der Waals surface area contributed by atoms with Crippen LogP contribution < -0.4 is 0 Å². The molecule has 2 aromatic rings. The molecule has 2 heterocycles. The van der Waals surface area contributed by atoms with Gasteiger partial charge in [0.2, 0.25) is 5.91 Å². The van der Waals surface area contributed by atoms with Gasteiger partial charge in [0.05, 0.1) is 0 Å². The summed E-state index contributed by atoms with van der Waals surface area (Å²) >= 11 is 0. The number of carboxylic acids is 1. The number of nitrogens with zero attached hydrogens (tertiary/aromatic N) is 5. The molecule has 8 nitrogen and oxygen atoms in total. The first-order valence-corrected chi connectivity index (χ1v) is 6.45. The highest BCUT2D eigenvalue weighted by atomic mass is 16.4. The normalized spacial score (nSPS) is 17.3. The Bertz CT molecular complexity index is 670. The van der Waals surface area contributed by atoms with E-state index in [9.17, 15) is 14.7 Å². The molecular formula is C13H13N5O3. The second kappa shape index (κ2) is 5.31. The van der Waals surface area contributed by atoms with Gasteiger partial charge in [-0.2, -0.15) is 0 Å². The Balaban J connectivity index is 1.85. The first-order chi connectivity index (χ1) is 10.1. The van der Waals surface area contributed by atoms with Crippen LogP contribution in [0.15, 0.2) is 30.6 Å². The van der Waals surface area contributed by atoms with Gasteiger partial charge in [-0.1, -0.05) is 24.3 Å². The fourth-order valence-electron chi connectivity index (χ4n) is 2.49. The molecule has 1 atom stereocenters. The van der Waals surface area contributed by atoms with Crippen LogP contribution in [-0.4, -0.2) is 48.1 Å². The second-order valence-electron chi connectivity index (χ2n) is 4.86. The third kappa shape index (κ3) is 2.60. The summed E-state index contributed by atoms with van der Waals surface area (Å²) in [5.74, 6) is -1.32. The van der Waals surface area contributed by atoms with Gasteiger partial charge in [0.25, 0.3) is 0 Å². The maximum absolute atomic E-state index is 12.3. The van der Waals surface area contributed by atoms with E-state index in [1.807, 2.05) is 24.3 Å². The summed E-state index contributed by atoms with van der Waals surface area (Å²) in [6.07, 6.45) is 1.64. The number of aliphatic carboxylic acids is 1. The standard InChI is InChI=1S/C13H13N5O3/c19-12(7-17-8-14-15-16-17)18-6-10-4-2-1-3-9(10)5-11(18)13(20)21/h1-4,8,11H,5-7H2,(H,20,21)/t11-/m0/s1. The number of carboxylic acid groups (broad SMARTS) is 1. The molecule has 8 heteroatoms. The summed E-state index contributed by atoms with van der Waals surface area (Å²) in [6, 6.07) is 6.70. The van der Waals surface area contributed by atoms with Gasteiger partial charge in [0, 0.05) is 13.0 Å². The van der Waals surface area contributed by atoms with Gasteiger partial charge in [-0.3, -0.25) is 4.79 Å². The predicted molar refractivity (Wildman–Crippen MR) is 69.9 cm³/mol. The van der Waals surface area contributed by atoms with Crippen molar-refractivity contribution in [1.82, 2.24) is 25.1 Å². The molecule has 0 aliphatic carbocycles. The average molecular weight is 287 g/mol. The zero-order valence-corrected chi connectivity index (χ0v) is 11.1. The minimum Gasteiger partial charge on any atom is -0.480 e. The van der Waals surface area contributed by atoms with Gasteiger partial charge in [-0.25, -0.2) is 9.48 Å². The van der Waals surface area contributed by atoms with E-state index in [1.165, 1.54) is 15.9 Å². The van der Waals surface area contributed by atoms with E-state index in [-0.39, 0.29) is 19.0 Å². The number of amides is 1. The topological polar surface area (TPSA) is 101 Å². The molecule has 21 heavy (non-hydrogen) atoms. The molecule has 1 aliphatic rings. The molecule has 3 rings (SSSR count). The lowest BCUT2D eigenvalue weighted by Crippen LogP contribution is -2.49. The van der Waals surface area contributed by atoms with Crippen molar-refractivity contribution >= 4 is 11.9 Å². The van der Waals surface area contributed by atoms with E-state index in [4.69, 9.17) is 0 Å². The van der Waals surface area contributed by atoms with E-state index in [1.54, 1.807) is 0 Å². The molecule has 0 bridgehead atoms. The number of carbonyl (C=O) groups excluding carboxylic acids is 1. The Morgan fingerprint density at radius 1 is 1.29 bits per heavy atom. The lowest BCUT2D eigenvalue weighted by atomic mass is 9.94. The van der Waals surface area contributed by atoms with E-state index >= 15 is 0 Å². The van der Waals surface area contributed by atoms with Crippen molar-refractivity contribution in [3.63, 3.8) is 0 Å². The van der Waals surface area contributed by atoms with Crippen LogP contribution in [0.2, 0.25) is 0 Å². The Kier molecular flexibility index (Phi) is 3.35. The van der Waals surface area contributed by atoms with Gasteiger partial charge in [-0.05, 0) is 21.6 Å². The smallest absolute Gasteiger partial charge is 0.326 e. The van der Waals surface area contributed by atoms with Crippen LogP contribution >= 0.6 is 0 Å².